The van der Waals surface area contributed by atoms with Gasteiger partial charge < -0.3 is 25.0 Å². The minimum Gasteiger partial charge on any atom is -0.506 e. The normalized spacial score (nSPS) is 14.0. The van der Waals surface area contributed by atoms with Gasteiger partial charge in [0.25, 0.3) is 0 Å². The number of anilines is 2. The van der Waals surface area contributed by atoms with Gasteiger partial charge in [0.05, 0.1) is 12.8 Å². The summed E-state index contributed by atoms with van der Waals surface area (Å²) in [5, 5.41) is 16.1. The fraction of sp³-hybridized carbons (Fsp3) is 0.333. The maximum Gasteiger partial charge on any atom is 0.411 e. The number of ether oxygens (including phenoxy) is 1. The maximum atomic E-state index is 11.2. The van der Waals surface area contributed by atoms with E-state index in [1.165, 1.54) is 7.11 Å². The summed E-state index contributed by atoms with van der Waals surface area (Å²) < 4.78 is 4.59. The molecular formula is C21H28IN5O3. The van der Waals surface area contributed by atoms with Crippen LogP contribution in [0.15, 0.2) is 53.5 Å². The second kappa shape index (κ2) is 11.5. The number of piperazine rings is 1. The number of aromatic hydroxyl groups is 1. The highest BCUT2D eigenvalue weighted by Gasteiger charge is 2.21. The van der Waals surface area contributed by atoms with E-state index >= 15 is 0 Å². The number of carbonyl (C=O) groups excluding carboxylic acids is 1. The topological polar surface area (TPSA) is 89.4 Å². The average Bonchev–Trinajstić information content (AvgIpc) is 2.76. The van der Waals surface area contributed by atoms with Gasteiger partial charge in [-0.25, -0.2) is 4.79 Å². The summed E-state index contributed by atoms with van der Waals surface area (Å²) in [6.07, 6.45) is -0.487. The number of carbonyl (C=O) groups is 1. The lowest BCUT2D eigenvalue weighted by Crippen LogP contribution is -2.52. The van der Waals surface area contributed by atoms with Crippen LogP contribution in [-0.2, 0) is 11.3 Å². The summed E-state index contributed by atoms with van der Waals surface area (Å²) in [7, 11) is 3.11. The maximum absolute atomic E-state index is 11.2. The number of benzene rings is 2. The van der Waals surface area contributed by atoms with Crippen molar-refractivity contribution in [3.05, 3.63) is 54.1 Å². The zero-order chi connectivity index (χ0) is 20.6. The van der Waals surface area contributed by atoms with Crippen molar-refractivity contribution < 1.29 is 14.6 Å². The van der Waals surface area contributed by atoms with Crippen molar-refractivity contribution >= 4 is 47.4 Å². The molecular weight excluding hydrogens is 497 g/mol. The molecule has 1 amide bonds. The molecule has 3 rings (SSSR count). The number of aliphatic imine (C=N–C) groups is 1. The van der Waals surface area contributed by atoms with E-state index in [0.29, 0.717) is 18.0 Å². The number of hydrogen-bond donors (Lipinski definition) is 3. The Kier molecular flexibility index (Phi) is 9.03. The van der Waals surface area contributed by atoms with Crippen LogP contribution in [0.3, 0.4) is 0 Å². The average molecular weight is 525 g/mol. The number of halogens is 1. The van der Waals surface area contributed by atoms with E-state index in [0.717, 1.165) is 43.4 Å². The van der Waals surface area contributed by atoms with Crippen LogP contribution in [0, 0.1) is 0 Å². The van der Waals surface area contributed by atoms with Crippen LogP contribution in [0.4, 0.5) is 16.2 Å². The Morgan fingerprint density at radius 1 is 1.10 bits per heavy atom. The molecule has 1 saturated heterocycles. The predicted molar refractivity (Wildman–Crippen MR) is 130 cm³/mol. The number of nitrogens with one attached hydrogen (secondary N) is 2. The summed E-state index contributed by atoms with van der Waals surface area (Å²) in [5.74, 6) is 1.16. The molecule has 1 aliphatic rings. The van der Waals surface area contributed by atoms with E-state index in [-0.39, 0.29) is 24.0 Å². The summed E-state index contributed by atoms with van der Waals surface area (Å²) in [6.45, 7) is 3.88. The Balaban J connectivity index is 0.00000320. The lowest BCUT2D eigenvalue weighted by Gasteiger charge is -2.37. The molecule has 0 aliphatic carbocycles. The molecule has 1 aliphatic heterocycles. The van der Waals surface area contributed by atoms with Gasteiger partial charge in [-0.1, -0.05) is 24.3 Å². The van der Waals surface area contributed by atoms with E-state index in [2.05, 4.69) is 30.2 Å². The van der Waals surface area contributed by atoms with Crippen LogP contribution in [0.2, 0.25) is 0 Å². The molecule has 0 spiro atoms. The van der Waals surface area contributed by atoms with E-state index < -0.39 is 6.09 Å². The van der Waals surface area contributed by atoms with Gasteiger partial charge in [-0.2, -0.15) is 0 Å². The highest BCUT2D eigenvalue weighted by molar-refractivity contribution is 14.0. The Morgan fingerprint density at radius 3 is 2.37 bits per heavy atom. The molecule has 1 fully saturated rings. The number of nitrogens with zero attached hydrogens (tertiary/aromatic N) is 3. The van der Waals surface area contributed by atoms with Gasteiger partial charge in [0.2, 0.25) is 0 Å². The Bertz CT molecular complexity index is 852. The largest absolute Gasteiger partial charge is 0.506 e. The number of methoxy groups -OCH3 is 1. The van der Waals surface area contributed by atoms with Gasteiger partial charge in [-0.3, -0.25) is 10.3 Å². The highest BCUT2D eigenvalue weighted by atomic mass is 127. The van der Waals surface area contributed by atoms with Gasteiger partial charge in [0.15, 0.2) is 5.96 Å². The van der Waals surface area contributed by atoms with Crippen molar-refractivity contribution in [1.29, 1.82) is 0 Å². The molecule has 0 radical (unpaired) electrons. The molecule has 9 heteroatoms. The summed E-state index contributed by atoms with van der Waals surface area (Å²) in [5.41, 5.74) is 2.63. The van der Waals surface area contributed by atoms with E-state index in [1.807, 2.05) is 42.5 Å². The molecule has 0 saturated carbocycles. The van der Waals surface area contributed by atoms with E-state index in [1.54, 1.807) is 13.1 Å². The number of rotatable bonds is 4. The van der Waals surface area contributed by atoms with Gasteiger partial charge >= 0.3 is 6.09 Å². The first-order valence-corrected chi connectivity index (χ1v) is 9.53. The third kappa shape index (κ3) is 6.15. The first-order chi connectivity index (χ1) is 14.1. The van der Waals surface area contributed by atoms with Crippen molar-refractivity contribution in [2.75, 3.05) is 50.6 Å². The van der Waals surface area contributed by atoms with E-state index in [9.17, 15) is 9.90 Å². The minimum atomic E-state index is -0.487. The molecule has 0 bridgehead atoms. The number of hydrogen-bond acceptors (Lipinski definition) is 5. The number of guanidine groups is 1. The van der Waals surface area contributed by atoms with Crippen LogP contribution in [0.5, 0.6) is 5.75 Å². The van der Waals surface area contributed by atoms with Gasteiger partial charge in [-0.15, -0.1) is 24.0 Å². The summed E-state index contributed by atoms with van der Waals surface area (Å²) in [4.78, 5) is 20.0. The Morgan fingerprint density at radius 2 is 1.77 bits per heavy atom. The fourth-order valence-electron chi connectivity index (χ4n) is 3.28. The van der Waals surface area contributed by atoms with Crippen molar-refractivity contribution in [2.45, 2.75) is 6.54 Å². The van der Waals surface area contributed by atoms with Crippen molar-refractivity contribution in [2.24, 2.45) is 4.99 Å². The summed E-state index contributed by atoms with van der Waals surface area (Å²) in [6, 6.07) is 15.0. The van der Waals surface area contributed by atoms with E-state index in [4.69, 9.17) is 0 Å². The fourth-order valence-corrected chi connectivity index (χ4v) is 3.28. The summed E-state index contributed by atoms with van der Waals surface area (Å²) >= 11 is 0. The predicted octanol–water partition coefficient (Wildman–Crippen LogP) is 3.09. The Labute approximate surface area is 193 Å². The van der Waals surface area contributed by atoms with Crippen LogP contribution < -0.4 is 15.5 Å². The molecule has 0 unspecified atom stereocenters. The smallest absolute Gasteiger partial charge is 0.411 e. The van der Waals surface area contributed by atoms with Crippen molar-refractivity contribution in [1.82, 2.24) is 10.2 Å². The molecule has 2 aromatic rings. The quantitative estimate of drug-likeness (QED) is 0.323. The third-order valence-electron chi connectivity index (χ3n) is 4.85. The van der Waals surface area contributed by atoms with Crippen LogP contribution in [-0.4, -0.2) is 62.4 Å². The second-order valence-electron chi connectivity index (χ2n) is 6.68. The van der Waals surface area contributed by atoms with Crippen molar-refractivity contribution in [3.63, 3.8) is 0 Å². The van der Waals surface area contributed by atoms with Crippen LogP contribution in [0.25, 0.3) is 0 Å². The minimum absolute atomic E-state index is 0. The molecule has 0 atom stereocenters. The van der Waals surface area contributed by atoms with Crippen molar-refractivity contribution in [3.8, 4) is 5.75 Å². The number of phenols is 1. The molecule has 8 nitrogen and oxygen atoms in total. The molecule has 30 heavy (non-hydrogen) atoms. The van der Waals surface area contributed by atoms with Gasteiger partial charge in [0.1, 0.15) is 5.75 Å². The number of amides is 1. The zero-order valence-corrected chi connectivity index (χ0v) is 19.5. The third-order valence-corrected chi connectivity index (χ3v) is 4.85. The highest BCUT2D eigenvalue weighted by Crippen LogP contribution is 2.27. The molecule has 1 heterocycles. The first-order valence-electron chi connectivity index (χ1n) is 9.53. The number of para-hydroxylation sites is 2. The molecule has 162 valence electrons. The molecule has 3 N–H and O–H groups in total. The van der Waals surface area contributed by atoms with Crippen LogP contribution >= 0.6 is 24.0 Å². The standard InChI is InChI=1S/C21H27N5O3.HI/c1-22-20(23-15-16-7-9-17(10-8-16)24-21(28)29-2)26-13-11-25(12-14-26)18-5-3-4-6-19(18)27;/h3-10,27H,11-15H2,1-2H3,(H,22,23)(H,24,28);1H. The SMILES string of the molecule is CN=C(NCc1ccc(NC(=O)OC)cc1)N1CCN(c2ccccc2O)CC1.I. The monoisotopic (exact) mass is 525 g/mol. The lowest BCUT2D eigenvalue weighted by atomic mass is 10.2. The zero-order valence-electron chi connectivity index (χ0n) is 17.2. The molecule has 2 aromatic carbocycles. The lowest BCUT2D eigenvalue weighted by molar-refractivity contribution is 0.187. The molecule has 0 aromatic heterocycles. The first kappa shape index (κ1) is 23.6. The van der Waals surface area contributed by atoms with Crippen LogP contribution in [0.1, 0.15) is 5.56 Å². The second-order valence-corrected chi connectivity index (χ2v) is 6.68. The number of phenolic OH excluding ortho intramolecular Hbond substituents is 1. The van der Waals surface area contributed by atoms with Gasteiger partial charge in [-0.05, 0) is 29.8 Å². The Hall–Kier alpha value is -2.69. The van der Waals surface area contributed by atoms with Gasteiger partial charge in [0, 0.05) is 45.5 Å².